The number of nitrogens with one attached hydrogen (secondary N) is 1. The number of benzene rings is 3. The summed E-state index contributed by atoms with van der Waals surface area (Å²) in [6.45, 7) is 10.6. The van der Waals surface area contributed by atoms with Crippen molar-refractivity contribution in [1.82, 2.24) is 10.2 Å². The van der Waals surface area contributed by atoms with E-state index in [2.05, 4.69) is 12.2 Å². The van der Waals surface area contributed by atoms with Gasteiger partial charge in [0.05, 0.1) is 24.8 Å². The molecule has 0 saturated heterocycles. The van der Waals surface area contributed by atoms with Crippen LogP contribution in [0.25, 0.3) is 0 Å². The number of carbonyl (C=O) groups is 2. The number of rotatable bonds is 9. The topological polar surface area (TPSA) is 80.2 Å². The van der Waals surface area contributed by atoms with Crippen molar-refractivity contribution in [2.24, 2.45) is 4.99 Å². The molecule has 0 saturated carbocycles. The third kappa shape index (κ3) is 10.4. The van der Waals surface area contributed by atoms with Gasteiger partial charge < -0.3 is 19.6 Å². The van der Waals surface area contributed by atoms with E-state index in [-0.39, 0.29) is 24.1 Å². The number of hydrogen-bond donors (Lipinski definition) is 1. The number of ether oxygens (including phenoxy) is 2. The van der Waals surface area contributed by atoms with Gasteiger partial charge in [0.2, 0.25) is 5.91 Å². The zero-order valence-corrected chi connectivity index (χ0v) is 27.6. The molecule has 4 rings (SSSR count). The summed E-state index contributed by atoms with van der Waals surface area (Å²) in [5.41, 5.74) is 2.60. The van der Waals surface area contributed by atoms with Gasteiger partial charge in [-0.15, -0.1) is 0 Å². The molecule has 232 valence electrons. The van der Waals surface area contributed by atoms with Gasteiger partial charge in [-0.25, -0.2) is 0 Å². The lowest BCUT2D eigenvalue weighted by Gasteiger charge is -2.29. The molecule has 9 heteroatoms. The first-order valence-corrected chi connectivity index (χ1v) is 15.2. The van der Waals surface area contributed by atoms with Crippen molar-refractivity contribution in [3.63, 3.8) is 0 Å². The maximum Gasteiger partial charge on any atom is 0.225 e. The van der Waals surface area contributed by atoms with Crippen molar-refractivity contribution < 1.29 is 19.1 Å². The van der Waals surface area contributed by atoms with Crippen LogP contribution < -0.4 is 14.8 Å². The van der Waals surface area contributed by atoms with E-state index in [0.29, 0.717) is 33.8 Å². The molecule has 1 amide bonds. The van der Waals surface area contributed by atoms with Gasteiger partial charge in [0.1, 0.15) is 29.7 Å². The molecular formula is C34H43Cl2N3O4. The molecule has 2 unspecified atom stereocenters. The largest absolute Gasteiger partial charge is 0.497 e. The number of nitrogens with zero attached hydrogens (tertiary/aromatic N) is 2. The van der Waals surface area contributed by atoms with E-state index in [1.807, 2.05) is 94.5 Å². The van der Waals surface area contributed by atoms with Gasteiger partial charge in [-0.1, -0.05) is 61.3 Å². The average molecular weight is 629 g/mol. The molecule has 1 aliphatic rings. The van der Waals surface area contributed by atoms with Crippen LogP contribution in [0.5, 0.6) is 11.5 Å². The summed E-state index contributed by atoms with van der Waals surface area (Å²) in [5, 5.41) is 4.28. The minimum atomic E-state index is -0.361. The maximum atomic E-state index is 13.1. The standard InChI is InChI=1S/C27H26Cl2N2O3.C4H11N.C3H6O/c1-16(2)34-24-15-22(33-4)13-14-23(24)27-30-25(18-5-9-20(28)10-6-18)26(31(27)17(3)32)19-7-11-21(29)12-8-19;1-3-4-5-2;1-2-3-4/h5-16,25-26H,1-4H3;5H,3-4H2,1-2H3;3H,2H2,1H3. The minimum absolute atomic E-state index is 0.0715. The molecule has 0 aliphatic carbocycles. The van der Waals surface area contributed by atoms with Crippen molar-refractivity contribution in [3.05, 3.63) is 93.5 Å². The van der Waals surface area contributed by atoms with Crippen molar-refractivity contribution in [2.45, 2.75) is 65.6 Å². The Labute approximate surface area is 266 Å². The normalized spacial score (nSPS) is 15.5. The predicted octanol–water partition coefficient (Wildman–Crippen LogP) is 8.09. The molecule has 1 aliphatic heterocycles. The number of aldehydes is 1. The van der Waals surface area contributed by atoms with E-state index < -0.39 is 0 Å². The Bertz CT molecular complexity index is 1330. The Hall–Kier alpha value is -3.39. The second kappa shape index (κ2) is 18.3. The molecule has 2 atom stereocenters. The number of halogens is 2. The van der Waals surface area contributed by atoms with E-state index >= 15 is 0 Å². The smallest absolute Gasteiger partial charge is 0.225 e. The highest BCUT2D eigenvalue weighted by Crippen LogP contribution is 2.45. The van der Waals surface area contributed by atoms with Crippen molar-refractivity contribution >= 4 is 41.2 Å². The Morgan fingerprint density at radius 2 is 1.56 bits per heavy atom. The van der Waals surface area contributed by atoms with Gasteiger partial charge in [-0.2, -0.15) is 0 Å². The lowest BCUT2D eigenvalue weighted by atomic mass is 9.93. The SMILES string of the molecule is CCC=O.CCCNC.COc1ccc(C2=NC(c3ccc(Cl)cc3)C(c3ccc(Cl)cc3)N2C(C)=O)c(OC(C)C)c1. The molecular weight excluding hydrogens is 585 g/mol. The molecule has 0 spiro atoms. The van der Waals surface area contributed by atoms with Crippen LogP contribution in [-0.4, -0.2) is 49.7 Å². The van der Waals surface area contributed by atoms with E-state index in [9.17, 15) is 9.59 Å². The Morgan fingerprint density at radius 1 is 1.00 bits per heavy atom. The van der Waals surface area contributed by atoms with E-state index in [4.69, 9.17) is 37.7 Å². The minimum Gasteiger partial charge on any atom is -0.497 e. The third-order valence-electron chi connectivity index (χ3n) is 6.29. The summed E-state index contributed by atoms with van der Waals surface area (Å²) in [7, 11) is 3.57. The number of amides is 1. The number of amidine groups is 1. The second-order valence-corrected chi connectivity index (χ2v) is 10.9. The molecule has 0 bridgehead atoms. The summed E-state index contributed by atoms with van der Waals surface area (Å²) in [4.78, 5) is 29.1. The Kier molecular flexibility index (Phi) is 15.2. The number of hydrogen-bond acceptors (Lipinski definition) is 6. The van der Waals surface area contributed by atoms with E-state index in [0.717, 1.165) is 29.5 Å². The highest BCUT2D eigenvalue weighted by atomic mass is 35.5. The van der Waals surface area contributed by atoms with Crippen LogP contribution in [0.3, 0.4) is 0 Å². The van der Waals surface area contributed by atoms with Crippen LogP contribution in [0.2, 0.25) is 10.0 Å². The van der Waals surface area contributed by atoms with Gasteiger partial charge in [-0.3, -0.25) is 14.7 Å². The number of aliphatic imine (C=N–C) groups is 1. The summed E-state index contributed by atoms with van der Waals surface area (Å²) < 4.78 is 11.5. The van der Waals surface area contributed by atoms with Gasteiger partial charge >= 0.3 is 0 Å². The fraction of sp³-hybridized carbons (Fsp3) is 0.382. The van der Waals surface area contributed by atoms with Crippen LogP contribution in [0, 0.1) is 0 Å². The molecule has 0 fully saturated rings. The van der Waals surface area contributed by atoms with Crippen LogP contribution in [0.4, 0.5) is 0 Å². The van der Waals surface area contributed by atoms with E-state index in [1.54, 1.807) is 18.9 Å². The predicted molar refractivity (Wildman–Crippen MR) is 177 cm³/mol. The first-order valence-electron chi connectivity index (χ1n) is 14.4. The lowest BCUT2D eigenvalue weighted by Crippen LogP contribution is -2.36. The molecule has 3 aromatic rings. The highest BCUT2D eigenvalue weighted by molar-refractivity contribution is 6.30. The average Bonchev–Trinajstić information content (AvgIpc) is 3.39. The molecule has 3 aromatic carbocycles. The van der Waals surface area contributed by atoms with Gasteiger partial charge in [-0.05, 0) is 81.4 Å². The number of methoxy groups -OCH3 is 1. The quantitative estimate of drug-likeness (QED) is 0.242. The van der Waals surface area contributed by atoms with Crippen molar-refractivity contribution in [3.8, 4) is 11.5 Å². The zero-order valence-electron chi connectivity index (χ0n) is 26.1. The third-order valence-corrected chi connectivity index (χ3v) is 6.79. The van der Waals surface area contributed by atoms with Crippen LogP contribution in [-0.2, 0) is 9.59 Å². The first-order chi connectivity index (χ1) is 20.6. The van der Waals surface area contributed by atoms with Gasteiger partial charge in [0.15, 0.2) is 0 Å². The van der Waals surface area contributed by atoms with Crippen molar-refractivity contribution in [1.29, 1.82) is 0 Å². The molecule has 43 heavy (non-hydrogen) atoms. The van der Waals surface area contributed by atoms with E-state index in [1.165, 1.54) is 6.42 Å². The van der Waals surface area contributed by atoms with Crippen LogP contribution in [0.1, 0.15) is 76.2 Å². The molecule has 0 radical (unpaired) electrons. The molecule has 7 nitrogen and oxygen atoms in total. The highest BCUT2D eigenvalue weighted by Gasteiger charge is 2.41. The lowest BCUT2D eigenvalue weighted by molar-refractivity contribution is -0.126. The first kappa shape index (κ1) is 35.8. The Morgan fingerprint density at radius 3 is 1.98 bits per heavy atom. The number of carbonyl (C=O) groups excluding carboxylic acids is 2. The monoisotopic (exact) mass is 627 g/mol. The fourth-order valence-corrected chi connectivity index (χ4v) is 4.66. The van der Waals surface area contributed by atoms with Crippen molar-refractivity contribution in [2.75, 3.05) is 20.7 Å². The van der Waals surface area contributed by atoms with Gasteiger partial charge in [0.25, 0.3) is 0 Å². The van der Waals surface area contributed by atoms with Crippen LogP contribution >= 0.6 is 23.2 Å². The molecule has 0 aromatic heterocycles. The second-order valence-electron chi connectivity index (χ2n) is 10.0. The zero-order chi connectivity index (χ0) is 31.9. The summed E-state index contributed by atoms with van der Waals surface area (Å²) in [5.74, 6) is 1.69. The summed E-state index contributed by atoms with van der Waals surface area (Å²) >= 11 is 12.3. The Balaban J connectivity index is 0.000000630. The maximum absolute atomic E-state index is 13.1. The fourth-order valence-electron chi connectivity index (χ4n) is 4.41. The summed E-state index contributed by atoms with van der Waals surface area (Å²) in [6.07, 6.45) is 2.68. The van der Waals surface area contributed by atoms with Gasteiger partial charge in [0, 0.05) is 29.5 Å². The summed E-state index contributed by atoms with van der Waals surface area (Å²) in [6, 6.07) is 19.9. The van der Waals surface area contributed by atoms with Crippen LogP contribution in [0.15, 0.2) is 71.7 Å². The molecule has 1 N–H and O–H groups in total. The molecule has 1 heterocycles.